The molecule has 0 saturated carbocycles. The van der Waals surface area contributed by atoms with Crippen molar-refractivity contribution in [3.05, 3.63) is 16.4 Å². The third-order valence-corrected chi connectivity index (χ3v) is 4.25. The lowest BCUT2D eigenvalue weighted by molar-refractivity contribution is 0.0773. The Labute approximate surface area is 111 Å². The number of aromatic nitrogens is 2. The summed E-state index contributed by atoms with van der Waals surface area (Å²) in [6, 6.07) is 0.296. The summed E-state index contributed by atoms with van der Waals surface area (Å²) in [5, 5.41) is 7.72. The molecule has 0 amide bonds. The summed E-state index contributed by atoms with van der Waals surface area (Å²) in [6.45, 7) is 3.06. The number of ether oxygens (including phenoxy) is 1. The highest BCUT2D eigenvalue weighted by molar-refractivity contribution is 9.10. The minimum Gasteiger partial charge on any atom is -0.378 e. The van der Waals surface area contributed by atoms with E-state index in [-0.39, 0.29) is 0 Å². The van der Waals surface area contributed by atoms with Crippen molar-refractivity contribution in [1.82, 2.24) is 15.1 Å². The zero-order chi connectivity index (χ0) is 12.4. The van der Waals surface area contributed by atoms with Gasteiger partial charge >= 0.3 is 0 Å². The Hall–Kier alpha value is -0.390. The third kappa shape index (κ3) is 2.41. The number of aryl methyl sites for hydroxylation is 1. The quantitative estimate of drug-likeness (QED) is 0.927. The molecule has 2 heterocycles. The van der Waals surface area contributed by atoms with E-state index >= 15 is 0 Å². The SMILES string of the molecule is CCC1OCCC1C(NC)c1c(Br)cnn1C. The molecular weight excluding hydrogens is 282 g/mol. The van der Waals surface area contributed by atoms with Gasteiger partial charge in [-0.3, -0.25) is 4.68 Å². The maximum absolute atomic E-state index is 5.79. The first-order valence-corrected chi connectivity index (χ1v) is 6.94. The van der Waals surface area contributed by atoms with Gasteiger partial charge in [-0.05, 0) is 35.8 Å². The average molecular weight is 302 g/mol. The van der Waals surface area contributed by atoms with Crippen LogP contribution in [0.15, 0.2) is 10.7 Å². The molecule has 1 aromatic rings. The number of halogens is 1. The van der Waals surface area contributed by atoms with Crippen LogP contribution in [-0.2, 0) is 11.8 Å². The monoisotopic (exact) mass is 301 g/mol. The standard InChI is InChI=1S/C12H20BrN3O/c1-4-10-8(5-6-17-10)11(14-2)12-9(13)7-15-16(12)3/h7-8,10-11,14H,4-6H2,1-3H3. The normalized spacial score (nSPS) is 26.4. The molecule has 0 radical (unpaired) electrons. The Bertz CT molecular complexity index is 360. The van der Waals surface area contributed by atoms with Crippen LogP contribution < -0.4 is 5.32 Å². The van der Waals surface area contributed by atoms with E-state index in [1.165, 1.54) is 5.69 Å². The Morgan fingerprint density at radius 1 is 1.71 bits per heavy atom. The second-order valence-electron chi connectivity index (χ2n) is 4.54. The molecule has 96 valence electrons. The van der Waals surface area contributed by atoms with Gasteiger partial charge in [-0.25, -0.2) is 0 Å². The zero-order valence-corrected chi connectivity index (χ0v) is 12.2. The molecule has 1 N–H and O–H groups in total. The second-order valence-corrected chi connectivity index (χ2v) is 5.39. The highest BCUT2D eigenvalue weighted by Crippen LogP contribution is 2.36. The van der Waals surface area contributed by atoms with Gasteiger partial charge in [0.15, 0.2) is 0 Å². The number of nitrogens with one attached hydrogen (secondary N) is 1. The minimum atomic E-state index is 0.296. The lowest BCUT2D eigenvalue weighted by Crippen LogP contribution is -2.32. The first-order valence-electron chi connectivity index (χ1n) is 6.15. The minimum absolute atomic E-state index is 0.296. The van der Waals surface area contributed by atoms with E-state index < -0.39 is 0 Å². The summed E-state index contributed by atoms with van der Waals surface area (Å²) < 4.78 is 8.80. The van der Waals surface area contributed by atoms with Crippen LogP contribution >= 0.6 is 15.9 Å². The molecule has 3 unspecified atom stereocenters. The summed E-state index contributed by atoms with van der Waals surface area (Å²) in [7, 11) is 4.00. The van der Waals surface area contributed by atoms with Crippen molar-refractivity contribution >= 4 is 15.9 Å². The van der Waals surface area contributed by atoms with Crippen LogP contribution in [0.25, 0.3) is 0 Å². The van der Waals surface area contributed by atoms with Gasteiger partial charge in [0.25, 0.3) is 0 Å². The fourth-order valence-electron chi connectivity index (χ4n) is 2.79. The first kappa shape index (κ1) is 13.1. The fourth-order valence-corrected chi connectivity index (χ4v) is 3.39. The van der Waals surface area contributed by atoms with Crippen molar-refractivity contribution in [1.29, 1.82) is 0 Å². The molecule has 2 rings (SSSR count). The molecule has 1 aliphatic heterocycles. The topological polar surface area (TPSA) is 39.1 Å². The summed E-state index contributed by atoms with van der Waals surface area (Å²) in [5.74, 6) is 0.525. The molecule has 3 atom stereocenters. The predicted octanol–water partition coefficient (Wildman–Crippen LogP) is 2.26. The molecule has 0 bridgehead atoms. The Balaban J connectivity index is 2.27. The van der Waals surface area contributed by atoms with Crippen molar-refractivity contribution in [2.45, 2.75) is 31.9 Å². The molecule has 0 aliphatic carbocycles. The Morgan fingerprint density at radius 3 is 3.00 bits per heavy atom. The van der Waals surface area contributed by atoms with E-state index in [1.54, 1.807) is 0 Å². The average Bonchev–Trinajstić information content (AvgIpc) is 2.91. The van der Waals surface area contributed by atoms with E-state index in [9.17, 15) is 0 Å². The van der Waals surface area contributed by atoms with Crippen molar-refractivity contribution < 1.29 is 4.74 Å². The summed E-state index contributed by atoms with van der Waals surface area (Å²) in [4.78, 5) is 0. The van der Waals surface area contributed by atoms with Crippen LogP contribution in [0.5, 0.6) is 0 Å². The van der Waals surface area contributed by atoms with Crippen LogP contribution in [0.4, 0.5) is 0 Å². The van der Waals surface area contributed by atoms with Crippen molar-refractivity contribution in [2.75, 3.05) is 13.7 Å². The molecule has 0 spiro atoms. The van der Waals surface area contributed by atoms with Crippen LogP contribution in [0.3, 0.4) is 0 Å². The van der Waals surface area contributed by atoms with E-state index in [4.69, 9.17) is 4.74 Å². The largest absolute Gasteiger partial charge is 0.378 e. The van der Waals surface area contributed by atoms with Crippen LogP contribution in [-0.4, -0.2) is 29.5 Å². The van der Waals surface area contributed by atoms with Crippen LogP contribution in [0, 0.1) is 5.92 Å². The lowest BCUT2D eigenvalue weighted by Gasteiger charge is -2.27. The highest BCUT2D eigenvalue weighted by atomic mass is 79.9. The number of rotatable bonds is 4. The number of hydrogen-bond acceptors (Lipinski definition) is 3. The highest BCUT2D eigenvalue weighted by Gasteiger charge is 2.35. The zero-order valence-electron chi connectivity index (χ0n) is 10.6. The molecule has 1 fully saturated rings. The number of nitrogens with zero attached hydrogens (tertiary/aromatic N) is 2. The van der Waals surface area contributed by atoms with Gasteiger partial charge in [0.1, 0.15) is 0 Å². The van der Waals surface area contributed by atoms with Gasteiger partial charge in [0, 0.05) is 19.6 Å². The van der Waals surface area contributed by atoms with Gasteiger partial charge < -0.3 is 10.1 Å². The first-order chi connectivity index (χ1) is 8.19. The molecule has 1 saturated heterocycles. The van der Waals surface area contributed by atoms with E-state index in [2.05, 4.69) is 33.3 Å². The molecule has 4 nitrogen and oxygen atoms in total. The summed E-state index contributed by atoms with van der Waals surface area (Å²) in [5.41, 5.74) is 1.21. The molecule has 1 aromatic heterocycles. The van der Waals surface area contributed by atoms with Crippen LogP contribution in [0.2, 0.25) is 0 Å². The fraction of sp³-hybridized carbons (Fsp3) is 0.750. The molecule has 1 aliphatic rings. The molecule has 5 heteroatoms. The van der Waals surface area contributed by atoms with Gasteiger partial charge in [0.2, 0.25) is 0 Å². The predicted molar refractivity (Wildman–Crippen MR) is 70.8 cm³/mol. The molecule has 17 heavy (non-hydrogen) atoms. The van der Waals surface area contributed by atoms with E-state index in [0.717, 1.165) is 23.9 Å². The van der Waals surface area contributed by atoms with Crippen molar-refractivity contribution in [2.24, 2.45) is 13.0 Å². The van der Waals surface area contributed by atoms with Gasteiger partial charge in [0.05, 0.1) is 28.5 Å². The molecular formula is C12H20BrN3O. The smallest absolute Gasteiger partial charge is 0.0696 e. The molecule has 0 aromatic carbocycles. The lowest BCUT2D eigenvalue weighted by atomic mass is 9.89. The maximum Gasteiger partial charge on any atom is 0.0696 e. The summed E-state index contributed by atoms with van der Waals surface area (Å²) >= 11 is 3.58. The van der Waals surface area contributed by atoms with Crippen molar-refractivity contribution in [3.8, 4) is 0 Å². The number of hydrogen-bond donors (Lipinski definition) is 1. The second kappa shape index (κ2) is 5.50. The van der Waals surface area contributed by atoms with E-state index in [1.807, 2.05) is 25.0 Å². The van der Waals surface area contributed by atoms with Gasteiger partial charge in [-0.15, -0.1) is 0 Å². The van der Waals surface area contributed by atoms with Crippen molar-refractivity contribution in [3.63, 3.8) is 0 Å². The Morgan fingerprint density at radius 2 is 2.47 bits per heavy atom. The third-order valence-electron chi connectivity index (χ3n) is 3.63. The van der Waals surface area contributed by atoms with Gasteiger partial charge in [-0.1, -0.05) is 6.92 Å². The van der Waals surface area contributed by atoms with Gasteiger partial charge in [-0.2, -0.15) is 5.10 Å². The maximum atomic E-state index is 5.79. The van der Waals surface area contributed by atoms with Crippen LogP contribution in [0.1, 0.15) is 31.5 Å². The Kier molecular flexibility index (Phi) is 4.22. The summed E-state index contributed by atoms with van der Waals surface area (Å²) in [6.07, 6.45) is 4.39. The van der Waals surface area contributed by atoms with E-state index in [0.29, 0.717) is 18.1 Å².